The average Bonchev–Trinajstić information content (AvgIpc) is 3.13. The third-order valence-corrected chi connectivity index (χ3v) is 4.21. The summed E-state index contributed by atoms with van der Waals surface area (Å²) in [5.41, 5.74) is 0. The molecule has 0 saturated heterocycles. The van der Waals surface area contributed by atoms with Gasteiger partial charge in [-0.1, -0.05) is 12.1 Å². The Balaban J connectivity index is 2.15. The van der Waals surface area contributed by atoms with Crippen molar-refractivity contribution in [1.82, 2.24) is 10.0 Å². The van der Waals surface area contributed by atoms with Crippen molar-refractivity contribution < 1.29 is 13.2 Å². The Hall–Kier alpha value is -1.11. The molecule has 0 aliphatic heterocycles. The lowest BCUT2D eigenvalue weighted by molar-refractivity contribution is 0.310. The first kappa shape index (κ1) is 13.3. The van der Waals surface area contributed by atoms with Crippen LogP contribution in [0, 0.1) is 0 Å². The third-order valence-electron chi connectivity index (χ3n) is 2.65. The van der Waals surface area contributed by atoms with Crippen LogP contribution in [0.2, 0.25) is 0 Å². The van der Waals surface area contributed by atoms with Gasteiger partial charge in [-0.05, 0) is 32.0 Å². The number of sulfonamides is 1. The van der Waals surface area contributed by atoms with Gasteiger partial charge in [0.2, 0.25) is 10.0 Å². The van der Waals surface area contributed by atoms with Crippen molar-refractivity contribution in [3.05, 3.63) is 24.3 Å². The molecule has 1 aliphatic rings. The molecule has 18 heavy (non-hydrogen) atoms. The van der Waals surface area contributed by atoms with Crippen LogP contribution < -0.4 is 14.8 Å². The number of rotatable bonds is 7. The number of ether oxygens (including phenoxy) is 1. The van der Waals surface area contributed by atoms with E-state index in [0.29, 0.717) is 18.9 Å². The summed E-state index contributed by atoms with van der Waals surface area (Å²) >= 11 is 0. The Morgan fingerprint density at radius 1 is 1.33 bits per heavy atom. The predicted octanol–water partition coefficient (Wildman–Crippen LogP) is 0.725. The van der Waals surface area contributed by atoms with Crippen LogP contribution >= 0.6 is 0 Å². The second-order valence-electron chi connectivity index (χ2n) is 4.29. The van der Waals surface area contributed by atoms with Gasteiger partial charge in [0.1, 0.15) is 17.3 Å². The number of hydrogen-bond acceptors (Lipinski definition) is 4. The Labute approximate surface area is 108 Å². The molecule has 2 rings (SSSR count). The zero-order chi connectivity index (χ0) is 13.0. The molecule has 0 aromatic heterocycles. The molecule has 0 heterocycles. The number of hydrogen-bond donors (Lipinski definition) is 2. The van der Waals surface area contributed by atoms with Crippen molar-refractivity contribution in [2.24, 2.45) is 0 Å². The van der Waals surface area contributed by atoms with Gasteiger partial charge >= 0.3 is 0 Å². The summed E-state index contributed by atoms with van der Waals surface area (Å²) in [5, 5.41) is 2.95. The zero-order valence-corrected chi connectivity index (χ0v) is 11.2. The quantitative estimate of drug-likeness (QED) is 0.717. The van der Waals surface area contributed by atoms with E-state index in [4.69, 9.17) is 4.74 Å². The highest BCUT2D eigenvalue weighted by Gasteiger charge is 2.29. The molecule has 0 amide bonds. The maximum Gasteiger partial charge on any atom is 0.244 e. The van der Waals surface area contributed by atoms with E-state index in [2.05, 4.69) is 10.0 Å². The molecule has 1 aromatic carbocycles. The van der Waals surface area contributed by atoms with Crippen LogP contribution in [0.15, 0.2) is 29.2 Å². The van der Waals surface area contributed by atoms with Gasteiger partial charge in [-0.3, -0.25) is 0 Å². The fourth-order valence-electron chi connectivity index (χ4n) is 1.54. The van der Waals surface area contributed by atoms with Gasteiger partial charge in [-0.25, -0.2) is 13.1 Å². The largest absolute Gasteiger partial charge is 0.491 e. The number of nitrogens with one attached hydrogen (secondary N) is 2. The second-order valence-corrected chi connectivity index (χ2v) is 5.98. The average molecular weight is 270 g/mol. The Kier molecular flexibility index (Phi) is 4.21. The molecule has 6 heteroatoms. The van der Waals surface area contributed by atoms with E-state index in [1.807, 2.05) is 7.05 Å². The lowest BCUT2D eigenvalue weighted by Crippen LogP contribution is -2.26. The van der Waals surface area contributed by atoms with Gasteiger partial charge in [0.25, 0.3) is 0 Å². The van der Waals surface area contributed by atoms with Gasteiger partial charge in [-0.2, -0.15) is 0 Å². The van der Waals surface area contributed by atoms with Crippen LogP contribution in [0.5, 0.6) is 5.75 Å². The van der Waals surface area contributed by atoms with E-state index in [0.717, 1.165) is 12.8 Å². The summed E-state index contributed by atoms with van der Waals surface area (Å²) < 4.78 is 32.4. The molecule has 1 aromatic rings. The van der Waals surface area contributed by atoms with Gasteiger partial charge in [0, 0.05) is 12.6 Å². The zero-order valence-electron chi connectivity index (χ0n) is 10.3. The standard InChI is InChI=1S/C12H18N2O3S/c1-13-8-9-17-11-4-2-3-5-12(11)18(15,16)14-10-6-7-10/h2-5,10,13-14H,6-9H2,1H3. The molecule has 1 aliphatic carbocycles. The van der Waals surface area contributed by atoms with Crippen molar-refractivity contribution >= 4 is 10.0 Å². The minimum atomic E-state index is -3.46. The van der Waals surface area contributed by atoms with Crippen molar-refractivity contribution in [1.29, 1.82) is 0 Å². The highest BCUT2D eigenvalue weighted by Crippen LogP contribution is 2.27. The van der Waals surface area contributed by atoms with Crippen molar-refractivity contribution in [3.63, 3.8) is 0 Å². The summed E-state index contributed by atoms with van der Waals surface area (Å²) in [6, 6.07) is 6.81. The smallest absolute Gasteiger partial charge is 0.244 e. The maximum atomic E-state index is 12.1. The number of benzene rings is 1. The minimum absolute atomic E-state index is 0.0976. The van der Waals surface area contributed by atoms with Crippen molar-refractivity contribution in [3.8, 4) is 5.75 Å². The van der Waals surface area contributed by atoms with Crippen molar-refractivity contribution in [2.75, 3.05) is 20.2 Å². The first-order chi connectivity index (χ1) is 8.63. The summed E-state index contributed by atoms with van der Waals surface area (Å²) in [6.07, 6.45) is 1.84. The molecule has 0 spiro atoms. The van der Waals surface area contributed by atoms with Crippen LogP contribution in [-0.2, 0) is 10.0 Å². The van der Waals surface area contributed by atoms with E-state index in [9.17, 15) is 8.42 Å². The van der Waals surface area contributed by atoms with E-state index in [1.54, 1.807) is 24.3 Å². The first-order valence-electron chi connectivity index (χ1n) is 6.02. The van der Waals surface area contributed by atoms with E-state index >= 15 is 0 Å². The van der Waals surface area contributed by atoms with Gasteiger partial charge in [0.15, 0.2) is 0 Å². The highest BCUT2D eigenvalue weighted by molar-refractivity contribution is 7.89. The van der Waals surface area contributed by atoms with Crippen LogP contribution in [0.25, 0.3) is 0 Å². The third kappa shape index (κ3) is 3.44. The fraction of sp³-hybridized carbons (Fsp3) is 0.500. The van der Waals surface area contributed by atoms with Crippen molar-refractivity contribution in [2.45, 2.75) is 23.8 Å². The van der Waals surface area contributed by atoms with Crippen LogP contribution in [0.1, 0.15) is 12.8 Å². The van der Waals surface area contributed by atoms with Gasteiger partial charge in [0.05, 0.1) is 0 Å². The fourth-order valence-corrected chi connectivity index (χ4v) is 2.99. The molecular weight excluding hydrogens is 252 g/mol. The number of para-hydroxylation sites is 1. The topological polar surface area (TPSA) is 67.4 Å². The summed E-state index contributed by atoms with van der Waals surface area (Å²) in [7, 11) is -1.64. The molecule has 0 atom stereocenters. The lowest BCUT2D eigenvalue weighted by atomic mass is 10.3. The molecule has 100 valence electrons. The SMILES string of the molecule is CNCCOc1ccccc1S(=O)(=O)NC1CC1. The monoisotopic (exact) mass is 270 g/mol. The Bertz CT molecular complexity index is 498. The minimum Gasteiger partial charge on any atom is -0.491 e. The van der Waals surface area contributed by atoms with Crippen LogP contribution in [-0.4, -0.2) is 34.7 Å². The van der Waals surface area contributed by atoms with Crippen LogP contribution in [0.3, 0.4) is 0 Å². The molecular formula is C12H18N2O3S. The van der Waals surface area contributed by atoms with E-state index in [-0.39, 0.29) is 10.9 Å². The molecule has 1 fully saturated rings. The predicted molar refractivity (Wildman–Crippen MR) is 69.2 cm³/mol. The summed E-state index contributed by atoms with van der Waals surface area (Å²) in [4.78, 5) is 0.216. The molecule has 5 nitrogen and oxygen atoms in total. The summed E-state index contributed by atoms with van der Waals surface area (Å²) in [6.45, 7) is 1.11. The molecule has 0 radical (unpaired) electrons. The van der Waals surface area contributed by atoms with Crippen LogP contribution in [0.4, 0.5) is 0 Å². The van der Waals surface area contributed by atoms with Gasteiger partial charge in [-0.15, -0.1) is 0 Å². The molecule has 1 saturated carbocycles. The Morgan fingerprint density at radius 2 is 2.06 bits per heavy atom. The lowest BCUT2D eigenvalue weighted by Gasteiger charge is -2.12. The first-order valence-corrected chi connectivity index (χ1v) is 7.50. The van der Waals surface area contributed by atoms with E-state index in [1.165, 1.54) is 0 Å². The highest BCUT2D eigenvalue weighted by atomic mass is 32.2. The maximum absolute atomic E-state index is 12.1. The molecule has 0 unspecified atom stereocenters. The molecule has 0 bridgehead atoms. The Morgan fingerprint density at radius 3 is 2.72 bits per heavy atom. The number of likely N-dealkylation sites (N-methyl/N-ethyl adjacent to an activating group) is 1. The molecule has 2 N–H and O–H groups in total. The second kappa shape index (κ2) is 5.69. The normalized spacial score (nSPS) is 15.6. The summed E-state index contributed by atoms with van der Waals surface area (Å²) in [5.74, 6) is 0.404. The van der Waals surface area contributed by atoms with Gasteiger partial charge < -0.3 is 10.1 Å². The van der Waals surface area contributed by atoms with E-state index < -0.39 is 10.0 Å².